The van der Waals surface area contributed by atoms with Crippen LogP contribution in [0, 0.1) is 16.0 Å². The minimum atomic E-state index is -0.362. The number of anilines is 1. The number of nitro benzene ring substituents is 1. The van der Waals surface area contributed by atoms with Crippen molar-refractivity contribution in [2.24, 2.45) is 5.92 Å². The van der Waals surface area contributed by atoms with Gasteiger partial charge in [-0.25, -0.2) is 0 Å². The van der Waals surface area contributed by atoms with Crippen LogP contribution in [0.15, 0.2) is 24.3 Å². The molecule has 0 amide bonds. The fourth-order valence-electron chi connectivity index (χ4n) is 2.52. The van der Waals surface area contributed by atoms with Gasteiger partial charge >= 0.3 is 0 Å². The lowest BCUT2D eigenvalue weighted by molar-refractivity contribution is -0.384. The third-order valence-corrected chi connectivity index (χ3v) is 3.46. The van der Waals surface area contributed by atoms with Gasteiger partial charge in [-0.05, 0) is 31.2 Å². The first kappa shape index (κ1) is 12.8. The Kier molecular flexibility index (Phi) is 4.15. The predicted octanol–water partition coefficient (Wildman–Crippen LogP) is 2.19. The fourth-order valence-corrected chi connectivity index (χ4v) is 2.52. The van der Waals surface area contributed by atoms with Crippen LogP contribution in [0.4, 0.5) is 11.4 Å². The van der Waals surface area contributed by atoms with Crippen LogP contribution in [0.2, 0.25) is 0 Å². The summed E-state index contributed by atoms with van der Waals surface area (Å²) in [7, 11) is 0. The Morgan fingerprint density at radius 1 is 1.50 bits per heavy atom. The molecule has 0 bridgehead atoms. The number of aliphatic hydroxyl groups is 1. The van der Waals surface area contributed by atoms with Crippen LogP contribution in [0.1, 0.15) is 19.3 Å². The van der Waals surface area contributed by atoms with Crippen LogP contribution < -0.4 is 4.90 Å². The molecule has 2 rings (SSSR count). The first-order valence-electron chi connectivity index (χ1n) is 6.31. The van der Waals surface area contributed by atoms with E-state index >= 15 is 0 Å². The Labute approximate surface area is 106 Å². The number of rotatable bonds is 4. The summed E-state index contributed by atoms with van der Waals surface area (Å²) >= 11 is 0. The van der Waals surface area contributed by atoms with Crippen LogP contribution in [-0.4, -0.2) is 29.7 Å². The largest absolute Gasteiger partial charge is 0.396 e. The number of nitro groups is 1. The number of non-ortho nitro benzene ring substituents is 1. The molecule has 0 aliphatic carbocycles. The molecule has 1 atom stereocenters. The number of hydrogen-bond donors (Lipinski definition) is 1. The highest BCUT2D eigenvalue weighted by Crippen LogP contribution is 2.27. The molecule has 1 aliphatic heterocycles. The summed E-state index contributed by atoms with van der Waals surface area (Å²) in [6.45, 7) is 2.03. The average molecular weight is 250 g/mol. The van der Waals surface area contributed by atoms with Crippen molar-refractivity contribution in [1.82, 2.24) is 0 Å². The number of nitrogens with zero attached hydrogens (tertiary/aromatic N) is 2. The van der Waals surface area contributed by atoms with E-state index in [1.54, 1.807) is 12.1 Å². The molecular formula is C13H18N2O3. The Morgan fingerprint density at radius 3 is 3.06 bits per heavy atom. The quantitative estimate of drug-likeness (QED) is 0.657. The number of piperidine rings is 1. The number of aliphatic hydroxyl groups excluding tert-OH is 1. The summed E-state index contributed by atoms with van der Waals surface area (Å²) in [5.74, 6) is 0.489. The van der Waals surface area contributed by atoms with Gasteiger partial charge in [-0.15, -0.1) is 0 Å². The van der Waals surface area contributed by atoms with Crippen molar-refractivity contribution in [3.63, 3.8) is 0 Å². The maximum atomic E-state index is 10.8. The van der Waals surface area contributed by atoms with Gasteiger partial charge in [0, 0.05) is 37.5 Å². The molecule has 1 N–H and O–H groups in total. The van der Waals surface area contributed by atoms with E-state index in [2.05, 4.69) is 4.90 Å². The zero-order chi connectivity index (χ0) is 13.0. The zero-order valence-electron chi connectivity index (χ0n) is 10.3. The van der Waals surface area contributed by atoms with E-state index in [9.17, 15) is 10.1 Å². The molecule has 1 heterocycles. The maximum Gasteiger partial charge on any atom is 0.271 e. The van der Waals surface area contributed by atoms with Crippen LogP contribution >= 0.6 is 0 Å². The van der Waals surface area contributed by atoms with Gasteiger partial charge in [-0.2, -0.15) is 0 Å². The highest BCUT2D eigenvalue weighted by Gasteiger charge is 2.20. The molecule has 0 saturated carbocycles. The summed E-state index contributed by atoms with van der Waals surface area (Å²) in [4.78, 5) is 12.6. The molecule has 1 fully saturated rings. The topological polar surface area (TPSA) is 66.6 Å². The Balaban J connectivity index is 2.10. The molecule has 98 valence electrons. The van der Waals surface area contributed by atoms with Crippen molar-refractivity contribution in [2.45, 2.75) is 19.3 Å². The smallest absolute Gasteiger partial charge is 0.271 e. The van der Waals surface area contributed by atoms with Crippen molar-refractivity contribution < 1.29 is 10.0 Å². The van der Waals surface area contributed by atoms with E-state index in [-0.39, 0.29) is 17.2 Å². The third-order valence-electron chi connectivity index (χ3n) is 3.46. The van der Waals surface area contributed by atoms with Crippen LogP contribution in [0.3, 0.4) is 0 Å². The van der Waals surface area contributed by atoms with Crippen LogP contribution in [0.5, 0.6) is 0 Å². The molecule has 1 unspecified atom stereocenters. The monoisotopic (exact) mass is 250 g/mol. The molecule has 1 aromatic rings. The van der Waals surface area contributed by atoms with Gasteiger partial charge in [0.05, 0.1) is 4.92 Å². The first-order chi connectivity index (χ1) is 8.70. The second-order valence-corrected chi connectivity index (χ2v) is 4.74. The molecular weight excluding hydrogens is 232 g/mol. The highest BCUT2D eigenvalue weighted by atomic mass is 16.6. The van der Waals surface area contributed by atoms with Crippen LogP contribution in [0.25, 0.3) is 0 Å². The average Bonchev–Trinajstić information content (AvgIpc) is 2.39. The van der Waals surface area contributed by atoms with Gasteiger partial charge in [0.2, 0.25) is 0 Å². The van der Waals surface area contributed by atoms with Gasteiger partial charge in [0.25, 0.3) is 5.69 Å². The minimum Gasteiger partial charge on any atom is -0.396 e. The molecule has 0 aromatic heterocycles. The molecule has 5 nitrogen and oxygen atoms in total. The van der Waals surface area contributed by atoms with Crippen molar-refractivity contribution in [3.8, 4) is 0 Å². The number of benzene rings is 1. The SMILES string of the molecule is O=[N+]([O-])c1cccc(N2CCCC(CCO)C2)c1. The van der Waals surface area contributed by atoms with E-state index in [1.165, 1.54) is 6.07 Å². The number of hydrogen-bond acceptors (Lipinski definition) is 4. The van der Waals surface area contributed by atoms with E-state index in [0.29, 0.717) is 5.92 Å². The lowest BCUT2D eigenvalue weighted by atomic mass is 9.95. The van der Waals surface area contributed by atoms with E-state index in [0.717, 1.165) is 38.0 Å². The maximum absolute atomic E-state index is 10.8. The van der Waals surface area contributed by atoms with E-state index in [1.807, 2.05) is 6.07 Å². The molecule has 5 heteroatoms. The molecule has 1 aliphatic rings. The Hall–Kier alpha value is -1.62. The summed E-state index contributed by atoms with van der Waals surface area (Å²) < 4.78 is 0. The predicted molar refractivity (Wildman–Crippen MR) is 69.7 cm³/mol. The summed E-state index contributed by atoms with van der Waals surface area (Å²) in [6.07, 6.45) is 3.02. The second-order valence-electron chi connectivity index (χ2n) is 4.74. The summed E-state index contributed by atoms with van der Waals surface area (Å²) in [5, 5.41) is 19.7. The van der Waals surface area contributed by atoms with Crippen molar-refractivity contribution >= 4 is 11.4 Å². The van der Waals surface area contributed by atoms with Crippen LogP contribution in [-0.2, 0) is 0 Å². The third kappa shape index (κ3) is 2.98. The van der Waals surface area contributed by atoms with Gasteiger partial charge in [0.1, 0.15) is 0 Å². The molecule has 0 radical (unpaired) electrons. The Bertz CT molecular complexity index is 420. The molecule has 0 spiro atoms. The Morgan fingerprint density at radius 2 is 2.33 bits per heavy atom. The van der Waals surface area contributed by atoms with Gasteiger partial charge in [-0.1, -0.05) is 6.07 Å². The lowest BCUT2D eigenvalue weighted by Gasteiger charge is -2.34. The lowest BCUT2D eigenvalue weighted by Crippen LogP contribution is -2.35. The minimum absolute atomic E-state index is 0.136. The molecule has 1 aromatic carbocycles. The zero-order valence-corrected chi connectivity index (χ0v) is 10.3. The van der Waals surface area contributed by atoms with Gasteiger partial charge in [0.15, 0.2) is 0 Å². The van der Waals surface area contributed by atoms with Crippen molar-refractivity contribution in [3.05, 3.63) is 34.4 Å². The van der Waals surface area contributed by atoms with Gasteiger partial charge < -0.3 is 10.0 Å². The highest BCUT2D eigenvalue weighted by molar-refractivity contribution is 5.53. The summed E-state index contributed by atoms with van der Waals surface area (Å²) in [5.41, 5.74) is 1.05. The fraction of sp³-hybridized carbons (Fsp3) is 0.538. The van der Waals surface area contributed by atoms with E-state index in [4.69, 9.17) is 5.11 Å². The van der Waals surface area contributed by atoms with Crippen molar-refractivity contribution in [1.29, 1.82) is 0 Å². The van der Waals surface area contributed by atoms with Gasteiger partial charge in [-0.3, -0.25) is 10.1 Å². The summed E-state index contributed by atoms with van der Waals surface area (Å²) in [6, 6.07) is 6.78. The van der Waals surface area contributed by atoms with Crippen molar-refractivity contribution in [2.75, 3.05) is 24.6 Å². The molecule has 18 heavy (non-hydrogen) atoms. The molecule has 1 saturated heterocycles. The first-order valence-corrected chi connectivity index (χ1v) is 6.31. The normalized spacial score (nSPS) is 19.8. The second kappa shape index (κ2) is 5.82. The van der Waals surface area contributed by atoms with E-state index < -0.39 is 0 Å². The standard InChI is InChI=1S/C13H18N2O3/c16-8-6-11-3-2-7-14(10-11)12-4-1-5-13(9-12)15(17)18/h1,4-5,9,11,16H,2-3,6-8,10H2.